The Morgan fingerprint density at radius 3 is 2.87 bits per heavy atom. The minimum Gasteiger partial charge on any atom is -0.455 e. The van der Waals surface area contributed by atoms with E-state index in [0.29, 0.717) is 36.3 Å². The van der Waals surface area contributed by atoms with Gasteiger partial charge >= 0.3 is 0 Å². The highest BCUT2D eigenvalue weighted by atomic mass is 32.1. The summed E-state index contributed by atoms with van der Waals surface area (Å²) in [7, 11) is 0. The molecule has 0 atom stereocenters. The van der Waals surface area contributed by atoms with Crippen molar-refractivity contribution in [3.63, 3.8) is 0 Å². The van der Waals surface area contributed by atoms with Crippen LogP contribution in [0.15, 0.2) is 21.9 Å². The molecule has 0 fully saturated rings. The molecular weight excluding hydrogens is 310 g/mol. The molecule has 122 valence electrons. The number of amides is 1. The van der Waals surface area contributed by atoms with Crippen molar-refractivity contribution in [3.05, 3.63) is 45.0 Å². The number of hydrogen-bond acceptors (Lipinski definition) is 4. The van der Waals surface area contributed by atoms with Crippen LogP contribution in [0.25, 0.3) is 0 Å². The number of fused-ring (bicyclic) bond motifs is 1. The summed E-state index contributed by atoms with van der Waals surface area (Å²) in [5.74, 6) is 0.786. The zero-order valence-corrected chi connectivity index (χ0v) is 14.5. The second-order valence-corrected chi connectivity index (χ2v) is 7.91. The second-order valence-electron chi connectivity index (χ2n) is 6.88. The predicted molar refractivity (Wildman–Crippen MR) is 90.2 cm³/mol. The van der Waals surface area contributed by atoms with Crippen LogP contribution in [0, 0.1) is 12.3 Å². The van der Waals surface area contributed by atoms with Crippen LogP contribution >= 0.6 is 11.3 Å². The summed E-state index contributed by atoms with van der Waals surface area (Å²) in [6.45, 7) is 6.45. The minimum atomic E-state index is -0.237. The first kappa shape index (κ1) is 16.0. The summed E-state index contributed by atoms with van der Waals surface area (Å²) in [5.41, 5.74) is 1.18. The number of nitrogens with one attached hydrogen (secondary N) is 1. The molecule has 0 spiro atoms. The van der Waals surface area contributed by atoms with Gasteiger partial charge < -0.3 is 9.73 Å². The van der Waals surface area contributed by atoms with E-state index in [1.165, 1.54) is 4.88 Å². The Kier molecular flexibility index (Phi) is 4.15. The first-order valence-electron chi connectivity index (χ1n) is 7.83. The molecular formula is C18H21NO3S. The van der Waals surface area contributed by atoms with Crippen LogP contribution in [0.5, 0.6) is 0 Å². The van der Waals surface area contributed by atoms with Crippen molar-refractivity contribution in [1.82, 2.24) is 5.32 Å². The number of rotatable bonds is 4. The number of Topliss-reactive ketones (excluding diaryl/α,β-unsaturated/α-hetero) is 1. The SMILES string of the molecule is Cc1c(C(=O)NCCc2cccs2)oc2c1C(=O)CC(C)(C)C2. The monoisotopic (exact) mass is 331 g/mol. The average molecular weight is 331 g/mol. The molecule has 3 rings (SSSR count). The normalized spacial score (nSPS) is 16.2. The van der Waals surface area contributed by atoms with Crippen LogP contribution in [0.2, 0.25) is 0 Å². The fraction of sp³-hybridized carbons (Fsp3) is 0.444. The van der Waals surface area contributed by atoms with Gasteiger partial charge in [-0.25, -0.2) is 0 Å². The minimum absolute atomic E-state index is 0.0788. The third kappa shape index (κ3) is 3.24. The third-order valence-electron chi connectivity index (χ3n) is 4.22. The number of carbonyl (C=O) groups is 2. The van der Waals surface area contributed by atoms with Gasteiger partial charge in [-0.1, -0.05) is 19.9 Å². The molecule has 5 heteroatoms. The van der Waals surface area contributed by atoms with Crippen molar-refractivity contribution < 1.29 is 14.0 Å². The smallest absolute Gasteiger partial charge is 0.287 e. The van der Waals surface area contributed by atoms with Gasteiger partial charge in [-0.15, -0.1) is 11.3 Å². The quantitative estimate of drug-likeness (QED) is 0.927. The van der Waals surface area contributed by atoms with E-state index in [9.17, 15) is 9.59 Å². The van der Waals surface area contributed by atoms with E-state index in [-0.39, 0.29) is 22.9 Å². The largest absolute Gasteiger partial charge is 0.455 e. The number of furan rings is 1. The molecule has 1 N–H and O–H groups in total. The molecule has 0 saturated carbocycles. The Hall–Kier alpha value is -1.88. The lowest BCUT2D eigenvalue weighted by Crippen LogP contribution is -2.26. The zero-order chi connectivity index (χ0) is 16.6. The Morgan fingerprint density at radius 2 is 2.17 bits per heavy atom. The highest BCUT2D eigenvalue weighted by molar-refractivity contribution is 7.09. The molecule has 0 radical (unpaired) electrons. The summed E-state index contributed by atoms with van der Waals surface area (Å²) in [6, 6.07) is 4.05. The molecule has 2 heterocycles. The van der Waals surface area contributed by atoms with Crippen molar-refractivity contribution in [2.75, 3.05) is 6.54 Å². The summed E-state index contributed by atoms with van der Waals surface area (Å²) in [5, 5.41) is 4.91. The molecule has 0 saturated heterocycles. The fourth-order valence-electron chi connectivity index (χ4n) is 3.13. The fourth-order valence-corrected chi connectivity index (χ4v) is 3.84. The standard InChI is InChI=1S/C18H21NO3S/c1-11-15-13(20)9-18(2,3)10-14(15)22-16(11)17(21)19-7-6-12-5-4-8-23-12/h4-5,8H,6-7,9-10H2,1-3H3,(H,19,21). The molecule has 0 aliphatic heterocycles. The van der Waals surface area contributed by atoms with Gasteiger partial charge in [0.25, 0.3) is 5.91 Å². The predicted octanol–water partition coefficient (Wildman–Crippen LogP) is 3.78. The van der Waals surface area contributed by atoms with Gasteiger partial charge in [0.05, 0.1) is 5.56 Å². The van der Waals surface area contributed by atoms with Crippen LogP contribution in [0.1, 0.15) is 57.4 Å². The molecule has 0 aromatic carbocycles. The van der Waals surface area contributed by atoms with E-state index >= 15 is 0 Å². The van der Waals surface area contributed by atoms with Gasteiger partial charge in [0, 0.05) is 29.8 Å². The first-order valence-corrected chi connectivity index (χ1v) is 8.71. The Morgan fingerprint density at radius 1 is 1.39 bits per heavy atom. The summed E-state index contributed by atoms with van der Waals surface area (Å²) < 4.78 is 5.76. The molecule has 4 nitrogen and oxygen atoms in total. The highest BCUT2D eigenvalue weighted by Gasteiger charge is 2.36. The van der Waals surface area contributed by atoms with E-state index in [1.54, 1.807) is 18.3 Å². The maximum atomic E-state index is 12.4. The van der Waals surface area contributed by atoms with E-state index in [4.69, 9.17) is 4.42 Å². The van der Waals surface area contributed by atoms with Crippen molar-refractivity contribution in [3.8, 4) is 0 Å². The summed E-state index contributed by atoms with van der Waals surface area (Å²) in [6.07, 6.45) is 1.99. The van der Waals surface area contributed by atoms with E-state index in [2.05, 4.69) is 11.4 Å². The van der Waals surface area contributed by atoms with Gasteiger partial charge in [0.1, 0.15) is 5.76 Å². The van der Waals surface area contributed by atoms with Gasteiger partial charge in [-0.05, 0) is 30.2 Å². The first-order chi connectivity index (χ1) is 10.9. The van der Waals surface area contributed by atoms with Crippen molar-refractivity contribution in [1.29, 1.82) is 0 Å². The summed E-state index contributed by atoms with van der Waals surface area (Å²) in [4.78, 5) is 25.9. The Bertz CT molecular complexity index is 741. The molecule has 23 heavy (non-hydrogen) atoms. The lowest BCUT2D eigenvalue weighted by molar-refractivity contribution is 0.0889. The van der Waals surface area contributed by atoms with Crippen LogP contribution in [-0.4, -0.2) is 18.2 Å². The van der Waals surface area contributed by atoms with Crippen LogP contribution in [0.4, 0.5) is 0 Å². The molecule has 2 aromatic rings. The van der Waals surface area contributed by atoms with Crippen molar-refractivity contribution in [2.24, 2.45) is 5.41 Å². The topological polar surface area (TPSA) is 59.3 Å². The van der Waals surface area contributed by atoms with Gasteiger partial charge in [0.2, 0.25) is 0 Å². The van der Waals surface area contributed by atoms with Gasteiger partial charge in [-0.2, -0.15) is 0 Å². The van der Waals surface area contributed by atoms with E-state index in [0.717, 1.165) is 6.42 Å². The van der Waals surface area contributed by atoms with Crippen LogP contribution in [-0.2, 0) is 12.8 Å². The van der Waals surface area contributed by atoms with Crippen molar-refractivity contribution >= 4 is 23.0 Å². The molecule has 1 aliphatic carbocycles. The van der Waals surface area contributed by atoms with Crippen LogP contribution in [0.3, 0.4) is 0 Å². The van der Waals surface area contributed by atoms with Gasteiger partial charge in [-0.3, -0.25) is 9.59 Å². The summed E-state index contributed by atoms with van der Waals surface area (Å²) >= 11 is 1.68. The number of ketones is 1. The lowest BCUT2D eigenvalue weighted by atomic mass is 9.76. The average Bonchev–Trinajstić information content (AvgIpc) is 3.05. The van der Waals surface area contributed by atoms with Crippen molar-refractivity contribution in [2.45, 2.75) is 40.0 Å². The number of thiophene rings is 1. The molecule has 2 aromatic heterocycles. The third-order valence-corrected chi connectivity index (χ3v) is 5.16. The maximum absolute atomic E-state index is 12.4. The number of carbonyl (C=O) groups excluding carboxylic acids is 2. The lowest BCUT2D eigenvalue weighted by Gasteiger charge is -2.27. The number of hydrogen-bond donors (Lipinski definition) is 1. The van der Waals surface area contributed by atoms with Gasteiger partial charge in [0.15, 0.2) is 11.5 Å². The molecule has 0 unspecified atom stereocenters. The van der Waals surface area contributed by atoms with E-state index < -0.39 is 0 Å². The van der Waals surface area contributed by atoms with E-state index in [1.807, 2.05) is 25.3 Å². The Balaban J connectivity index is 1.73. The highest BCUT2D eigenvalue weighted by Crippen LogP contribution is 2.38. The van der Waals surface area contributed by atoms with Crippen LogP contribution < -0.4 is 5.32 Å². The Labute approximate surface area is 139 Å². The zero-order valence-electron chi connectivity index (χ0n) is 13.7. The molecule has 0 bridgehead atoms. The maximum Gasteiger partial charge on any atom is 0.287 e. The molecule has 1 amide bonds. The molecule has 1 aliphatic rings. The second kappa shape index (κ2) is 5.96.